The van der Waals surface area contributed by atoms with E-state index in [4.69, 9.17) is 10.00 Å². The van der Waals surface area contributed by atoms with Gasteiger partial charge in [-0.2, -0.15) is 5.26 Å². The monoisotopic (exact) mass is 198 g/mol. The Balaban J connectivity index is 3.16. The first-order valence-electron chi connectivity index (χ1n) is 5.02. The molecule has 0 saturated carbocycles. The fraction of sp³-hybridized carbons (Fsp3) is 0.800. The van der Waals surface area contributed by atoms with Gasteiger partial charge in [0.15, 0.2) is 0 Å². The zero-order chi connectivity index (χ0) is 10.6. The van der Waals surface area contributed by atoms with Crippen molar-refractivity contribution >= 4 is 5.91 Å². The Morgan fingerprint density at radius 2 is 2.29 bits per heavy atom. The second-order valence-electron chi connectivity index (χ2n) is 2.91. The van der Waals surface area contributed by atoms with Gasteiger partial charge >= 0.3 is 0 Å². The third-order valence-corrected chi connectivity index (χ3v) is 1.68. The van der Waals surface area contributed by atoms with Gasteiger partial charge in [-0.05, 0) is 19.8 Å². The molecule has 0 saturated heterocycles. The highest BCUT2D eigenvalue weighted by Crippen LogP contribution is 1.91. The Bertz CT molecular complexity index is 187. The summed E-state index contributed by atoms with van der Waals surface area (Å²) in [5, 5.41) is 11.0. The Labute approximate surface area is 85.2 Å². The van der Waals surface area contributed by atoms with Gasteiger partial charge < -0.3 is 10.1 Å². The highest BCUT2D eigenvalue weighted by atomic mass is 16.5. The van der Waals surface area contributed by atoms with Crippen molar-refractivity contribution in [2.24, 2.45) is 0 Å². The maximum absolute atomic E-state index is 11.1. The van der Waals surface area contributed by atoms with E-state index in [-0.39, 0.29) is 5.91 Å². The third-order valence-electron chi connectivity index (χ3n) is 1.68. The van der Waals surface area contributed by atoms with Crippen LogP contribution in [0.3, 0.4) is 0 Å². The molecule has 14 heavy (non-hydrogen) atoms. The number of carbonyl (C=O) groups is 1. The molecule has 1 N–H and O–H groups in total. The van der Waals surface area contributed by atoms with Crippen LogP contribution in [0.2, 0.25) is 0 Å². The number of ether oxygens (including phenoxy) is 1. The summed E-state index contributed by atoms with van der Waals surface area (Å²) in [7, 11) is 0. The lowest BCUT2D eigenvalue weighted by atomic mass is 10.3. The van der Waals surface area contributed by atoms with E-state index >= 15 is 0 Å². The van der Waals surface area contributed by atoms with Gasteiger partial charge in [-0.3, -0.25) is 4.79 Å². The lowest BCUT2D eigenvalue weighted by Crippen LogP contribution is -2.24. The van der Waals surface area contributed by atoms with Gasteiger partial charge in [0.25, 0.3) is 0 Å². The Morgan fingerprint density at radius 3 is 2.93 bits per heavy atom. The van der Waals surface area contributed by atoms with Crippen molar-refractivity contribution in [2.45, 2.75) is 32.6 Å². The smallest absolute Gasteiger partial charge is 0.220 e. The molecule has 0 spiro atoms. The standard InChI is InChI=1S/C10H18N2O2/c1-2-14-9-5-6-10(13)12-8-4-3-7-11/h2-6,8-9H2,1H3,(H,12,13). The maximum atomic E-state index is 11.1. The lowest BCUT2D eigenvalue weighted by molar-refractivity contribution is -0.121. The van der Waals surface area contributed by atoms with Crippen LogP contribution in [0.15, 0.2) is 0 Å². The van der Waals surface area contributed by atoms with E-state index in [9.17, 15) is 4.79 Å². The number of unbranched alkanes of at least 4 members (excludes halogenated alkanes) is 1. The molecule has 0 radical (unpaired) electrons. The minimum Gasteiger partial charge on any atom is -0.382 e. The molecule has 0 aliphatic carbocycles. The number of nitriles is 1. The van der Waals surface area contributed by atoms with Crippen LogP contribution in [0, 0.1) is 11.3 Å². The molecular formula is C10H18N2O2. The van der Waals surface area contributed by atoms with E-state index in [0.29, 0.717) is 32.6 Å². The average Bonchev–Trinajstić information content (AvgIpc) is 2.19. The van der Waals surface area contributed by atoms with Gasteiger partial charge in [-0.15, -0.1) is 0 Å². The van der Waals surface area contributed by atoms with Crippen LogP contribution in [-0.2, 0) is 9.53 Å². The SMILES string of the molecule is CCOCCCC(=O)NCCCC#N. The van der Waals surface area contributed by atoms with Gasteiger partial charge in [0, 0.05) is 32.6 Å². The quantitative estimate of drug-likeness (QED) is 0.596. The molecule has 0 atom stereocenters. The fourth-order valence-corrected chi connectivity index (χ4v) is 0.963. The number of nitrogens with zero attached hydrogens (tertiary/aromatic N) is 1. The summed E-state index contributed by atoms with van der Waals surface area (Å²) in [4.78, 5) is 11.1. The Hall–Kier alpha value is -1.08. The molecule has 0 unspecified atom stereocenters. The van der Waals surface area contributed by atoms with E-state index < -0.39 is 0 Å². The first-order chi connectivity index (χ1) is 6.81. The first-order valence-corrected chi connectivity index (χ1v) is 5.02. The topological polar surface area (TPSA) is 62.1 Å². The van der Waals surface area contributed by atoms with Crippen LogP contribution >= 0.6 is 0 Å². The fourth-order valence-electron chi connectivity index (χ4n) is 0.963. The molecule has 0 heterocycles. The van der Waals surface area contributed by atoms with Crippen molar-refractivity contribution in [1.82, 2.24) is 5.32 Å². The summed E-state index contributed by atoms with van der Waals surface area (Å²) >= 11 is 0. The highest BCUT2D eigenvalue weighted by molar-refractivity contribution is 5.75. The number of amides is 1. The number of carbonyl (C=O) groups excluding carboxylic acids is 1. The number of nitrogens with one attached hydrogen (secondary N) is 1. The number of hydrogen-bond donors (Lipinski definition) is 1. The van der Waals surface area contributed by atoms with Crippen LogP contribution in [0.25, 0.3) is 0 Å². The van der Waals surface area contributed by atoms with Crippen molar-refractivity contribution < 1.29 is 9.53 Å². The maximum Gasteiger partial charge on any atom is 0.220 e. The molecule has 0 aliphatic heterocycles. The molecule has 80 valence electrons. The average molecular weight is 198 g/mol. The van der Waals surface area contributed by atoms with E-state index in [2.05, 4.69) is 5.32 Å². The van der Waals surface area contributed by atoms with E-state index in [1.807, 2.05) is 13.0 Å². The Kier molecular flexibility index (Phi) is 9.23. The molecule has 0 bridgehead atoms. The van der Waals surface area contributed by atoms with Crippen LogP contribution in [0.5, 0.6) is 0 Å². The molecule has 1 amide bonds. The highest BCUT2D eigenvalue weighted by Gasteiger charge is 1.99. The van der Waals surface area contributed by atoms with Crippen LogP contribution in [-0.4, -0.2) is 25.7 Å². The summed E-state index contributed by atoms with van der Waals surface area (Å²) in [6.07, 6.45) is 2.50. The summed E-state index contributed by atoms with van der Waals surface area (Å²) < 4.78 is 5.10. The van der Waals surface area contributed by atoms with Gasteiger partial charge in [0.1, 0.15) is 0 Å². The van der Waals surface area contributed by atoms with Gasteiger partial charge in [0.05, 0.1) is 6.07 Å². The summed E-state index contributed by atoms with van der Waals surface area (Å²) in [6.45, 7) is 3.87. The van der Waals surface area contributed by atoms with Crippen molar-refractivity contribution in [3.63, 3.8) is 0 Å². The normalized spacial score (nSPS) is 9.43. The molecule has 0 aliphatic rings. The number of rotatable bonds is 8. The van der Waals surface area contributed by atoms with Crippen LogP contribution < -0.4 is 5.32 Å². The zero-order valence-corrected chi connectivity index (χ0v) is 8.71. The molecule has 0 fully saturated rings. The van der Waals surface area contributed by atoms with Gasteiger partial charge in [0.2, 0.25) is 5.91 Å². The van der Waals surface area contributed by atoms with Gasteiger partial charge in [-0.1, -0.05) is 0 Å². The lowest BCUT2D eigenvalue weighted by Gasteiger charge is -2.03. The van der Waals surface area contributed by atoms with Crippen molar-refractivity contribution in [2.75, 3.05) is 19.8 Å². The minimum atomic E-state index is 0.0441. The predicted octanol–water partition coefficient (Wildman–Crippen LogP) is 1.22. The van der Waals surface area contributed by atoms with Crippen molar-refractivity contribution in [3.8, 4) is 6.07 Å². The molecule has 0 aromatic carbocycles. The zero-order valence-electron chi connectivity index (χ0n) is 8.71. The van der Waals surface area contributed by atoms with E-state index in [1.165, 1.54) is 0 Å². The predicted molar refractivity (Wildman–Crippen MR) is 53.6 cm³/mol. The van der Waals surface area contributed by atoms with Gasteiger partial charge in [-0.25, -0.2) is 0 Å². The van der Waals surface area contributed by atoms with Crippen LogP contribution in [0.1, 0.15) is 32.6 Å². The third kappa shape index (κ3) is 9.01. The van der Waals surface area contributed by atoms with Crippen molar-refractivity contribution in [3.05, 3.63) is 0 Å². The molecular weight excluding hydrogens is 180 g/mol. The Morgan fingerprint density at radius 1 is 1.50 bits per heavy atom. The molecule has 4 nitrogen and oxygen atoms in total. The second kappa shape index (κ2) is 10.0. The van der Waals surface area contributed by atoms with E-state index in [0.717, 1.165) is 12.8 Å². The molecule has 0 rings (SSSR count). The first kappa shape index (κ1) is 12.9. The minimum absolute atomic E-state index is 0.0441. The summed E-state index contributed by atoms with van der Waals surface area (Å²) in [5.74, 6) is 0.0441. The molecule has 0 aromatic heterocycles. The van der Waals surface area contributed by atoms with E-state index in [1.54, 1.807) is 0 Å². The molecule has 4 heteroatoms. The molecule has 0 aromatic rings. The summed E-state index contributed by atoms with van der Waals surface area (Å²) in [5.41, 5.74) is 0. The van der Waals surface area contributed by atoms with Crippen LogP contribution in [0.4, 0.5) is 0 Å². The largest absolute Gasteiger partial charge is 0.382 e. The second-order valence-corrected chi connectivity index (χ2v) is 2.91. The number of hydrogen-bond acceptors (Lipinski definition) is 3. The summed E-state index contributed by atoms with van der Waals surface area (Å²) in [6, 6.07) is 2.03. The van der Waals surface area contributed by atoms with Crippen molar-refractivity contribution in [1.29, 1.82) is 5.26 Å².